The topological polar surface area (TPSA) is 66.6 Å². The molecule has 0 spiro atoms. The van der Waals surface area contributed by atoms with Crippen molar-refractivity contribution in [3.05, 3.63) is 29.3 Å². The Morgan fingerprint density at radius 1 is 1.50 bits per heavy atom. The van der Waals surface area contributed by atoms with Crippen LogP contribution in [0.2, 0.25) is 0 Å². The van der Waals surface area contributed by atoms with Crippen molar-refractivity contribution in [1.82, 2.24) is 4.90 Å². The van der Waals surface area contributed by atoms with Crippen LogP contribution < -0.4 is 5.73 Å². The highest BCUT2D eigenvalue weighted by atomic mass is 16.3. The maximum Gasteiger partial charge on any atom is 0.257 e. The van der Waals surface area contributed by atoms with Gasteiger partial charge in [0.1, 0.15) is 5.75 Å². The lowest BCUT2D eigenvalue weighted by Gasteiger charge is -2.35. The van der Waals surface area contributed by atoms with Crippen LogP contribution in [0.4, 0.5) is 0 Å². The number of hydrogen-bond donors (Lipinski definition) is 2. The first kappa shape index (κ1) is 12.9. The molecule has 1 fully saturated rings. The van der Waals surface area contributed by atoms with Crippen LogP contribution in [-0.4, -0.2) is 35.0 Å². The maximum absolute atomic E-state index is 12.3. The van der Waals surface area contributed by atoms with Gasteiger partial charge in [-0.25, -0.2) is 0 Å². The second kappa shape index (κ2) is 4.98. The molecule has 1 aliphatic heterocycles. The molecule has 0 saturated carbocycles. The molecule has 0 aliphatic carbocycles. The smallest absolute Gasteiger partial charge is 0.257 e. The third-order valence-corrected chi connectivity index (χ3v) is 3.64. The molecule has 2 unspecified atom stereocenters. The van der Waals surface area contributed by atoms with Crippen molar-refractivity contribution in [3.63, 3.8) is 0 Å². The maximum atomic E-state index is 12.3. The Balaban J connectivity index is 2.16. The highest BCUT2D eigenvalue weighted by Crippen LogP contribution is 2.23. The highest BCUT2D eigenvalue weighted by molar-refractivity contribution is 5.97. The number of nitrogens with two attached hydrogens (primary N) is 1. The molecule has 1 aromatic rings. The van der Waals surface area contributed by atoms with Crippen LogP contribution in [0.1, 0.15) is 29.3 Å². The summed E-state index contributed by atoms with van der Waals surface area (Å²) in [7, 11) is 0. The molecule has 4 nitrogen and oxygen atoms in total. The van der Waals surface area contributed by atoms with Gasteiger partial charge in [0.2, 0.25) is 0 Å². The van der Waals surface area contributed by atoms with Gasteiger partial charge in [0.05, 0.1) is 5.56 Å². The molecule has 4 heteroatoms. The van der Waals surface area contributed by atoms with Gasteiger partial charge >= 0.3 is 0 Å². The predicted molar refractivity (Wildman–Crippen MR) is 70.5 cm³/mol. The number of phenols is 1. The molecule has 1 amide bonds. The van der Waals surface area contributed by atoms with Crippen LogP contribution in [0.25, 0.3) is 0 Å². The van der Waals surface area contributed by atoms with E-state index in [-0.39, 0.29) is 17.7 Å². The van der Waals surface area contributed by atoms with Crippen LogP contribution in [0.15, 0.2) is 18.2 Å². The number of aromatic hydroxyl groups is 1. The summed E-state index contributed by atoms with van der Waals surface area (Å²) in [6.07, 6.45) is 0.819. The van der Waals surface area contributed by atoms with E-state index in [0.717, 1.165) is 12.0 Å². The first-order chi connectivity index (χ1) is 8.49. The standard InChI is InChI=1S/C14H20N2O2/c1-9-3-4-11(13(17)7-9)14(18)16-6-5-12(15)10(2)8-16/h3-4,7,10,12,17H,5-6,8,15H2,1-2H3. The zero-order valence-electron chi connectivity index (χ0n) is 10.9. The van der Waals surface area contributed by atoms with Crippen molar-refractivity contribution in [2.45, 2.75) is 26.3 Å². The van der Waals surface area contributed by atoms with Crippen molar-refractivity contribution in [1.29, 1.82) is 0 Å². The minimum absolute atomic E-state index is 0.0579. The zero-order chi connectivity index (χ0) is 13.3. The summed E-state index contributed by atoms with van der Waals surface area (Å²) in [6.45, 7) is 5.26. The van der Waals surface area contributed by atoms with Gasteiger partial charge in [-0.05, 0) is 37.0 Å². The molecule has 98 valence electrons. The van der Waals surface area contributed by atoms with Gasteiger partial charge in [-0.2, -0.15) is 0 Å². The Morgan fingerprint density at radius 2 is 2.22 bits per heavy atom. The van der Waals surface area contributed by atoms with E-state index in [4.69, 9.17) is 5.73 Å². The Labute approximate surface area is 107 Å². The minimum atomic E-state index is -0.105. The van der Waals surface area contributed by atoms with Crippen LogP contribution in [0.3, 0.4) is 0 Å². The quantitative estimate of drug-likeness (QED) is 0.791. The van der Waals surface area contributed by atoms with E-state index in [1.54, 1.807) is 17.0 Å². The SMILES string of the molecule is Cc1ccc(C(=O)N2CCC(N)C(C)C2)c(O)c1. The number of nitrogens with zero attached hydrogens (tertiary/aromatic N) is 1. The van der Waals surface area contributed by atoms with E-state index >= 15 is 0 Å². The lowest BCUT2D eigenvalue weighted by Crippen LogP contribution is -2.48. The average Bonchev–Trinajstić information content (AvgIpc) is 2.32. The van der Waals surface area contributed by atoms with Crippen LogP contribution in [0.5, 0.6) is 5.75 Å². The molecular weight excluding hydrogens is 228 g/mol. The van der Waals surface area contributed by atoms with E-state index in [2.05, 4.69) is 6.92 Å². The lowest BCUT2D eigenvalue weighted by atomic mass is 9.94. The number of likely N-dealkylation sites (tertiary alicyclic amines) is 1. The van der Waals surface area contributed by atoms with Gasteiger partial charge in [0.15, 0.2) is 0 Å². The second-order valence-electron chi connectivity index (χ2n) is 5.20. The number of rotatable bonds is 1. The fraction of sp³-hybridized carbons (Fsp3) is 0.500. The Hall–Kier alpha value is -1.55. The molecule has 18 heavy (non-hydrogen) atoms. The third kappa shape index (κ3) is 2.48. The fourth-order valence-electron chi connectivity index (χ4n) is 2.34. The Bertz CT molecular complexity index is 459. The van der Waals surface area contributed by atoms with Crippen molar-refractivity contribution >= 4 is 5.91 Å². The number of carbonyl (C=O) groups is 1. The number of piperidine rings is 1. The summed E-state index contributed by atoms with van der Waals surface area (Å²) in [5.74, 6) is 0.254. The molecule has 0 radical (unpaired) electrons. The molecule has 0 aromatic heterocycles. The van der Waals surface area contributed by atoms with Gasteiger partial charge in [0, 0.05) is 19.1 Å². The molecule has 1 saturated heterocycles. The lowest BCUT2D eigenvalue weighted by molar-refractivity contribution is 0.0661. The summed E-state index contributed by atoms with van der Waals surface area (Å²) < 4.78 is 0. The average molecular weight is 248 g/mol. The van der Waals surface area contributed by atoms with Crippen molar-refractivity contribution in [2.75, 3.05) is 13.1 Å². The molecule has 1 heterocycles. The molecular formula is C14H20N2O2. The molecule has 0 bridgehead atoms. The number of amides is 1. The summed E-state index contributed by atoms with van der Waals surface area (Å²) in [5.41, 5.74) is 7.26. The van der Waals surface area contributed by atoms with E-state index < -0.39 is 0 Å². The molecule has 1 aliphatic rings. The van der Waals surface area contributed by atoms with Crippen molar-refractivity contribution in [2.24, 2.45) is 11.7 Å². The first-order valence-corrected chi connectivity index (χ1v) is 6.33. The van der Waals surface area contributed by atoms with Crippen LogP contribution in [0, 0.1) is 12.8 Å². The number of benzene rings is 1. The predicted octanol–water partition coefficient (Wildman–Crippen LogP) is 1.51. The number of aryl methyl sites for hydroxylation is 1. The highest BCUT2D eigenvalue weighted by Gasteiger charge is 2.27. The van der Waals surface area contributed by atoms with E-state index in [9.17, 15) is 9.90 Å². The van der Waals surface area contributed by atoms with Gasteiger partial charge in [-0.1, -0.05) is 13.0 Å². The summed E-state index contributed by atoms with van der Waals surface area (Å²) in [5, 5.41) is 9.84. The Kier molecular flexibility index (Phi) is 3.57. The molecule has 2 rings (SSSR count). The molecule has 1 aromatic carbocycles. The Morgan fingerprint density at radius 3 is 2.83 bits per heavy atom. The van der Waals surface area contributed by atoms with Gasteiger partial charge < -0.3 is 15.7 Å². The summed E-state index contributed by atoms with van der Waals surface area (Å²) in [6, 6.07) is 5.31. The molecule has 3 N–H and O–H groups in total. The van der Waals surface area contributed by atoms with Gasteiger partial charge in [-0.15, -0.1) is 0 Å². The van der Waals surface area contributed by atoms with Crippen LogP contribution in [-0.2, 0) is 0 Å². The fourth-order valence-corrected chi connectivity index (χ4v) is 2.34. The van der Waals surface area contributed by atoms with E-state index in [1.165, 1.54) is 0 Å². The zero-order valence-corrected chi connectivity index (χ0v) is 10.9. The number of carbonyl (C=O) groups excluding carboxylic acids is 1. The first-order valence-electron chi connectivity index (χ1n) is 6.33. The van der Waals surface area contributed by atoms with Crippen molar-refractivity contribution in [3.8, 4) is 5.75 Å². The molecule has 2 atom stereocenters. The van der Waals surface area contributed by atoms with Crippen LogP contribution >= 0.6 is 0 Å². The largest absolute Gasteiger partial charge is 0.507 e. The van der Waals surface area contributed by atoms with E-state index in [1.807, 2.05) is 13.0 Å². The third-order valence-electron chi connectivity index (χ3n) is 3.64. The van der Waals surface area contributed by atoms with Gasteiger partial charge in [0.25, 0.3) is 5.91 Å². The van der Waals surface area contributed by atoms with Crippen molar-refractivity contribution < 1.29 is 9.90 Å². The number of phenolic OH excluding ortho intramolecular Hbond substituents is 1. The number of hydrogen-bond acceptors (Lipinski definition) is 3. The van der Waals surface area contributed by atoms with Gasteiger partial charge in [-0.3, -0.25) is 4.79 Å². The van der Waals surface area contributed by atoms with E-state index in [0.29, 0.717) is 24.6 Å². The summed E-state index contributed by atoms with van der Waals surface area (Å²) in [4.78, 5) is 14.1. The second-order valence-corrected chi connectivity index (χ2v) is 5.20. The normalized spacial score (nSPS) is 24.1. The monoisotopic (exact) mass is 248 g/mol. The minimum Gasteiger partial charge on any atom is -0.507 e. The summed E-state index contributed by atoms with van der Waals surface area (Å²) >= 11 is 0.